The van der Waals surface area contributed by atoms with Gasteiger partial charge in [-0.2, -0.15) is 0 Å². The van der Waals surface area contributed by atoms with E-state index in [4.69, 9.17) is 15.2 Å². The maximum absolute atomic E-state index is 10.7. The minimum atomic E-state index is -0.462. The fourth-order valence-electron chi connectivity index (χ4n) is 2.22. The summed E-state index contributed by atoms with van der Waals surface area (Å²) in [6.07, 6.45) is 3.12. The lowest BCUT2D eigenvalue weighted by Crippen LogP contribution is -2.40. The summed E-state index contributed by atoms with van der Waals surface area (Å²) < 4.78 is 10.8. The average molecular weight is 280 g/mol. The molecule has 6 heteroatoms. The molecule has 0 bridgehead atoms. The molecule has 1 aliphatic rings. The number of ether oxygens (including phenoxy) is 2. The Hall–Kier alpha value is -1.82. The highest BCUT2D eigenvalue weighted by atomic mass is 16.6. The van der Waals surface area contributed by atoms with Gasteiger partial charge in [-0.05, 0) is 38.2 Å². The predicted octanol–water partition coefficient (Wildman–Crippen LogP) is 2.50. The average Bonchev–Trinajstić information content (AvgIpc) is 3.23. The Morgan fingerprint density at radius 1 is 1.45 bits per heavy atom. The molecule has 2 N–H and O–H groups in total. The summed E-state index contributed by atoms with van der Waals surface area (Å²) in [5, 5.41) is 10.7. The number of nitro groups is 1. The van der Waals surface area contributed by atoms with E-state index >= 15 is 0 Å². The first-order valence-electron chi connectivity index (χ1n) is 6.68. The normalized spacial score (nSPS) is 17.4. The molecule has 0 saturated heterocycles. The number of nitrogens with two attached hydrogens (primary N) is 1. The van der Waals surface area contributed by atoms with Crippen LogP contribution in [-0.2, 0) is 0 Å². The number of non-ortho nitro benzene ring substituents is 1. The number of benzene rings is 1. The van der Waals surface area contributed by atoms with Crippen molar-refractivity contribution in [2.24, 2.45) is 11.7 Å². The molecule has 0 radical (unpaired) electrons. The smallest absolute Gasteiger partial charge is 0.273 e. The molecule has 20 heavy (non-hydrogen) atoms. The van der Waals surface area contributed by atoms with Crippen LogP contribution in [0.1, 0.15) is 26.2 Å². The third-order valence-corrected chi connectivity index (χ3v) is 3.77. The molecule has 1 atom stereocenters. The molecule has 0 aromatic heterocycles. The lowest BCUT2D eigenvalue weighted by Gasteiger charge is -2.24. The van der Waals surface area contributed by atoms with E-state index in [9.17, 15) is 10.1 Å². The third kappa shape index (κ3) is 3.39. The van der Waals surface area contributed by atoms with Crippen molar-refractivity contribution in [3.63, 3.8) is 0 Å². The molecule has 1 fully saturated rings. The van der Waals surface area contributed by atoms with Crippen molar-refractivity contribution in [1.82, 2.24) is 0 Å². The molecule has 0 amide bonds. The Bertz CT molecular complexity index is 498. The molecule has 0 aliphatic heterocycles. The number of hydrogen-bond acceptors (Lipinski definition) is 5. The van der Waals surface area contributed by atoms with Gasteiger partial charge in [-0.3, -0.25) is 10.1 Å². The minimum Gasteiger partial charge on any atom is -0.493 e. The van der Waals surface area contributed by atoms with Gasteiger partial charge in [0.15, 0.2) is 11.5 Å². The molecule has 1 aromatic rings. The van der Waals surface area contributed by atoms with Crippen LogP contribution in [0.3, 0.4) is 0 Å². The van der Waals surface area contributed by atoms with E-state index in [1.54, 1.807) is 6.07 Å². The molecule has 1 saturated carbocycles. The number of rotatable bonds is 7. The fourth-order valence-corrected chi connectivity index (χ4v) is 2.22. The molecule has 0 heterocycles. The minimum absolute atomic E-state index is 0.0177. The second-order valence-corrected chi connectivity index (χ2v) is 5.47. The first-order chi connectivity index (χ1) is 9.44. The molecule has 1 unspecified atom stereocenters. The molecule has 0 spiro atoms. The zero-order chi connectivity index (χ0) is 14.8. The highest BCUT2D eigenvalue weighted by Gasteiger charge is 2.38. The fraction of sp³-hybridized carbons (Fsp3) is 0.571. The lowest BCUT2D eigenvalue weighted by atomic mass is 9.94. The number of hydrogen-bond donors (Lipinski definition) is 1. The van der Waals surface area contributed by atoms with Gasteiger partial charge in [-0.25, -0.2) is 0 Å². The van der Waals surface area contributed by atoms with E-state index < -0.39 is 4.92 Å². The summed E-state index contributed by atoms with van der Waals surface area (Å²) in [6.45, 7) is 2.51. The first-order valence-corrected chi connectivity index (χ1v) is 6.68. The van der Waals surface area contributed by atoms with Gasteiger partial charge in [-0.15, -0.1) is 0 Å². The highest BCUT2D eigenvalue weighted by Crippen LogP contribution is 2.40. The van der Waals surface area contributed by atoms with Crippen molar-refractivity contribution in [2.75, 3.05) is 13.7 Å². The highest BCUT2D eigenvalue weighted by molar-refractivity contribution is 5.48. The van der Waals surface area contributed by atoms with Crippen LogP contribution >= 0.6 is 0 Å². The second kappa shape index (κ2) is 5.66. The van der Waals surface area contributed by atoms with Gasteiger partial charge in [0.1, 0.15) is 0 Å². The molecular formula is C14H20N2O4. The summed E-state index contributed by atoms with van der Waals surface area (Å²) in [6, 6.07) is 4.32. The summed E-state index contributed by atoms with van der Waals surface area (Å²) >= 11 is 0. The van der Waals surface area contributed by atoms with Crippen molar-refractivity contribution in [3.05, 3.63) is 28.3 Å². The third-order valence-electron chi connectivity index (χ3n) is 3.77. The van der Waals surface area contributed by atoms with Crippen LogP contribution < -0.4 is 15.2 Å². The Kier molecular flexibility index (Phi) is 4.13. The Labute approximate surface area is 118 Å². The standard InChI is InChI=1S/C14H20N2O4/c1-14(15,10-3-4-10)7-8-20-12-6-5-11(16(17)18)9-13(12)19-2/h5-6,9-10H,3-4,7-8,15H2,1-2H3. The largest absolute Gasteiger partial charge is 0.493 e. The van der Waals surface area contributed by atoms with Gasteiger partial charge in [-0.1, -0.05) is 0 Å². The van der Waals surface area contributed by atoms with E-state index in [0.717, 1.165) is 6.42 Å². The van der Waals surface area contributed by atoms with Crippen LogP contribution in [0.15, 0.2) is 18.2 Å². The van der Waals surface area contributed by atoms with Crippen molar-refractivity contribution in [1.29, 1.82) is 0 Å². The van der Waals surface area contributed by atoms with Crippen molar-refractivity contribution >= 4 is 5.69 Å². The Morgan fingerprint density at radius 2 is 2.15 bits per heavy atom. The molecule has 6 nitrogen and oxygen atoms in total. The molecule has 1 aliphatic carbocycles. The maximum atomic E-state index is 10.7. The van der Waals surface area contributed by atoms with Crippen molar-refractivity contribution in [2.45, 2.75) is 31.7 Å². The quantitative estimate of drug-likeness (QED) is 0.612. The Balaban J connectivity index is 1.96. The summed E-state index contributed by atoms with van der Waals surface area (Å²) in [5.41, 5.74) is 6.00. The molecule has 110 valence electrons. The van der Waals surface area contributed by atoms with E-state index in [1.807, 2.05) is 6.92 Å². The van der Waals surface area contributed by atoms with Gasteiger partial charge in [0.2, 0.25) is 0 Å². The van der Waals surface area contributed by atoms with Crippen LogP contribution in [0.2, 0.25) is 0 Å². The van der Waals surface area contributed by atoms with E-state index in [0.29, 0.717) is 24.0 Å². The van der Waals surface area contributed by atoms with Crippen molar-refractivity contribution < 1.29 is 14.4 Å². The van der Waals surface area contributed by atoms with Crippen LogP contribution in [0.4, 0.5) is 5.69 Å². The van der Waals surface area contributed by atoms with Crippen LogP contribution in [0.25, 0.3) is 0 Å². The number of methoxy groups -OCH3 is 1. The van der Waals surface area contributed by atoms with Gasteiger partial charge in [0, 0.05) is 11.6 Å². The van der Waals surface area contributed by atoms with E-state index in [-0.39, 0.29) is 11.2 Å². The maximum Gasteiger partial charge on any atom is 0.273 e. The topological polar surface area (TPSA) is 87.6 Å². The summed E-state index contributed by atoms with van der Waals surface area (Å²) in [4.78, 5) is 10.2. The van der Waals surface area contributed by atoms with Gasteiger partial charge in [0.05, 0.1) is 24.7 Å². The zero-order valence-electron chi connectivity index (χ0n) is 11.8. The molecule has 2 rings (SSSR count). The molecule has 1 aromatic carbocycles. The van der Waals surface area contributed by atoms with Gasteiger partial charge < -0.3 is 15.2 Å². The SMILES string of the molecule is COc1cc([N+](=O)[O-])ccc1OCCC(C)(N)C1CC1. The van der Waals surface area contributed by atoms with E-state index in [1.165, 1.54) is 32.1 Å². The molecular weight excluding hydrogens is 260 g/mol. The van der Waals surface area contributed by atoms with Crippen LogP contribution in [0.5, 0.6) is 11.5 Å². The Morgan fingerprint density at radius 3 is 2.70 bits per heavy atom. The number of nitro benzene ring substituents is 1. The zero-order valence-corrected chi connectivity index (χ0v) is 11.8. The predicted molar refractivity (Wildman–Crippen MR) is 75.1 cm³/mol. The van der Waals surface area contributed by atoms with Crippen LogP contribution in [0, 0.1) is 16.0 Å². The second-order valence-electron chi connectivity index (χ2n) is 5.47. The first kappa shape index (κ1) is 14.6. The van der Waals surface area contributed by atoms with Gasteiger partial charge in [0.25, 0.3) is 5.69 Å². The number of nitrogens with zero attached hydrogens (tertiary/aromatic N) is 1. The lowest BCUT2D eigenvalue weighted by molar-refractivity contribution is -0.385. The van der Waals surface area contributed by atoms with E-state index in [2.05, 4.69) is 0 Å². The van der Waals surface area contributed by atoms with Crippen molar-refractivity contribution in [3.8, 4) is 11.5 Å². The summed E-state index contributed by atoms with van der Waals surface area (Å²) in [5.74, 6) is 1.46. The monoisotopic (exact) mass is 280 g/mol. The summed E-state index contributed by atoms with van der Waals surface area (Å²) in [7, 11) is 1.46. The van der Waals surface area contributed by atoms with Crippen LogP contribution in [-0.4, -0.2) is 24.2 Å². The van der Waals surface area contributed by atoms with Gasteiger partial charge >= 0.3 is 0 Å².